The Labute approximate surface area is 143 Å². The van der Waals surface area contributed by atoms with Crippen LogP contribution in [0.5, 0.6) is 0 Å². The minimum atomic E-state index is -0.731. The molecule has 132 valence electrons. The van der Waals surface area contributed by atoms with Crippen molar-refractivity contribution >= 4 is 17.6 Å². The van der Waals surface area contributed by atoms with Crippen molar-refractivity contribution in [2.24, 2.45) is 0 Å². The van der Waals surface area contributed by atoms with Crippen molar-refractivity contribution in [2.75, 3.05) is 26.7 Å². The lowest BCUT2D eigenvalue weighted by Crippen LogP contribution is -2.45. The van der Waals surface area contributed by atoms with Crippen LogP contribution in [-0.2, 0) is 4.79 Å². The predicted octanol–water partition coefficient (Wildman–Crippen LogP) is 0.770. The second kappa shape index (κ2) is 6.52. The lowest BCUT2D eigenvalue weighted by molar-refractivity contribution is -0.384. The average Bonchev–Trinajstić information content (AvgIpc) is 2.93. The summed E-state index contributed by atoms with van der Waals surface area (Å²) in [6.45, 7) is 0.630. The highest BCUT2D eigenvalue weighted by Gasteiger charge is 2.42. The van der Waals surface area contributed by atoms with Crippen LogP contribution in [0.3, 0.4) is 0 Å². The zero-order chi connectivity index (χ0) is 18.1. The quantitative estimate of drug-likeness (QED) is 0.603. The van der Waals surface area contributed by atoms with Crippen molar-refractivity contribution in [3.8, 4) is 0 Å². The predicted molar refractivity (Wildman–Crippen MR) is 87.4 cm³/mol. The maximum Gasteiger partial charge on any atom is 0.322 e. The van der Waals surface area contributed by atoms with Crippen molar-refractivity contribution < 1.29 is 19.6 Å². The van der Waals surface area contributed by atoms with Crippen LogP contribution in [0.25, 0.3) is 0 Å². The maximum absolute atomic E-state index is 12.8. The van der Waals surface area contributed by atoms with Gasteiger partial charge in [0.1, 0.15) is 0 Å². The fraction of sp³-hybridized carbons (Fsp3) is 0.375. The van der Waals surface area contributed by atoms with E-state index in [1.807, 2.05) is 0 Å². The normalized spacial score (nSPS) is 20.0. The van der Waals surface area contributed by atoms with Gasteiger partial charge in [-0.05, 0) is 12.0 Å². The van der Waals surface area contributed by atoms with Crippen LogP contribution in [-0.4, -0.2) is 58.5 Å². The van der Waals surface area contributed by atoms with E-state index in [0.717, 1.165) is 0 Å². The Morgan fingerprint density at radius 2 is 2.16 bits per heavy atom. The summed E-state index contributed by atoms with van der Waals surface area (Å²) in [5, 5.41) is 22.7. The molecule has 1 atom stereocenters. The van der Waals surface area contributed by atoms with Crippen molar-refractivity contribution in [2.45, 2.75) is 12.5 Å². The molecule has 0 aliphatic carbocycles. The topological polar surface area (TPSA) is 116 Å². The molecule has 9 heteroatoms. The number of aliphatic hydroxyl groups excluding tert-OH is 1. The zero-order valence-electron chi connectivity index (χ0n) is 13.6. The fourth-order valence-corrected chi connectivity index (χ4v) is 3.13. The van der Waals surface area contributed by atoms with Gasteiger partial charge in [0.2, 0.25) is 0 Å². The Balaban J connectivity index is 1.99. The molecule has 0 radical (unpaired) electrons. The van der Waals surface area contributed by atoms with Gasteiger partial charge in [-0.25, -0.2) is 4.79 Å². The number of carbonyl (C=O) groups is 2. The molecule has 0 spiro atoms. The molecule has 2 heterocycles. The van der Waals surface area contributed by atoms with E-state index in [9.17, 15) is 19.7 Å². The summed E-state index contributed by atoms with van der Waals surface area (Å²) in [4.78, 5) is 38.5. The molecule has 9 nitrogen and oxygen atoms in total. The average molecular weight is 346 g/mol. The van der Waals surface area contributed by atoms with Crippen LogP contribution in [0.4, 0.5) is 10.5 Å². The van der Waals surface area contributed by atoms with Gasteiger partial charge >= 0.3 is 6.03 Å². The molecule has 25 heavy (non-hydrogen) atoms. The van der Waals surface area contributed by atoms with E-state index >= 15 is 0 Å². The first-order valence-electron chi connectivity index (χ1n) is 7.85. The first kappa shape index (κ1) is 16.9. The number of hydrogen-bond donors (Lipinski definition) is 2. The lowest BCUT2D eigenvalue weighted by atomic mass is 9.95. The van der Waals surface area contributed by atoms with E-state index < -0.39 is 11.0 Å². The Morgan fingerprint density at radius 3 is 2.84 bits per heavy atom. The van der Waals surface area contributed by atoms with Gasteiger partial charge in [0.15, 0.2) is 0 Å². The number of nitrogens with zero attached hydrogens (tertiary/aromatic N) is 3. The van der Waals surface area contributed by atoms with E-state index in [1.54, 1.807) is 18.0 Å². The van der Waals surface area contributed by atoms with Gasteiger partial charge in [0.25, 0.3) is 11.6 Å². The maximum atomic E-state index is 12.8. The Morgan fingerprint density at radius 1 is 1.40 bits per heavy atom. The van der Waals surface area contributed by atoms with Crippen molar-refractivity contribution in [1.82, 2.24) is 15.1 Å². The lowest BCUT2D eigenvalue weighted by Gasteiger charge is -2.31. The summed E-state index contributed by atoms with van der Waals surface area (Å²) in [6.07, 6.45) is 0.443. The minimum absolute atomic E-state index is 0.0320. The van der Waals surface area contributed by atoms with Gasteiger partial charge in [-0.15, -0.1) is 0 Å². The second-order valence-corrected chi connectivity index (χ2v) is 5.96. The molecule has 0 fully saturated rings. The standard InChI is InChI=1S/C16H18N4O5/c1-18-12-9-19(6-3-7-21)15(22)13(12)14(17-16(18)23)10-4-2-5-11(8-10)20(24)25/h2,4-5,8,14,21H,3,6-7,9H2,1H3,(H,17,23)/t14-/m0/s1. The number of hydrogen-bond acceptors (Lipinski definition) is 5. The number of aliphatic hydroxyl groups is 1. The largest absolute Gasteiger partial charge is 0.396 e. The van der Waals surface area contributed by atoms with Crippen LogP contribution < -0.4 is 5.32 Å². The van der Waals surface area contributed by atoms with Gasteiger partial charge in [-0.1, -0.05) is 12.1 Å². The third kappa shape index (κ3) is 2.93. The molecule has 0 saturated heterocycles. The van der Waals surface area contributed by atoms with Gasteiger partial charge in [0.05, 0.1) is 28.8 Å². The van der Waals surface area contributed by atoms with Gasteiger partial charge in [0, 0.05) is 32.3 Å². The summed E-state index contributed by atoms with van der Waals surface area (Å²) in [5.41, 5.74) is 1.39. The summed E-state index contributed by atoms with van der Waals surface area (Å²) in [6, 6.07) is 4.81. The van der Waals surface area contributed by atoms with Crippen molar-refractivity contribution in [3.05, 3.63) is 51.2 Å². The molecule has 0 bridgehead atoms. The molecule has 2 aliphatic rings. The fourth-order valence-electron chi connectivity index (χ4n) is 3.13. The Hall–Kier alpha value is -2.94. The number of nitro groups is 1. The minimum Gasteiger partial charge on any atom is -0.396 e. The SMILES string of the molecule is CN1C(=O)N[C@@H](c2cccc([N+](=O)[O-])c2)C2=C1CN(CCCO)C2=O. The summed E-state index contributed by atoms with van der Waals surface area (Å²) in [7, 11) is 1.58. The number of rotatable bonds is 5. The number of carbonyl (C=O) groups excluding carboxylic acids is 2. The summed E-state index contributed by atoms with van der Waals surface area (Å²) in [5.74, 6) is -0.230. The molecule has 1 aromatic carbocycles. The van der Waals surface area contributed by atoms with E-state index in [4.69, 9.17) is 5.11 Å². The molecule has 2 N–H and O–H groups in total. The van der Waals surface area contributed by atoms with Crippen LogP contribution in [0.15, 0.2) is 35.5 Å². The highest BCUT2D eigenvalue weighted by atomic mass is 16.6. The zero-order valence-corrected chi connectivity index (χ0v) is 13.6. The summed E-state index contributed by atoms with van der Waals surface area (Å²) < 4.78 is 0. The number of likely N-dealkylation sites (N-methyl/N-ethyl adjacent to an activating group) is 1. The number of amides is 3. The van der Waals surface area contributed by atoms with Crippen molar-refractivity contribution in [3.63, 3.8) is 0 Å². The highest BCUT2D eigenvalue weighted by molar-refractivity contribution is 6.01. The van der Waals surface area contributed by atoms with Gasteiger partial charge in [-0.3, -0.25) is 19.8 Å². The molecule has 0 unspecified atom stereocenters. The van der Waals surface area contributed by atoms with Gasteiger partial charge < -0.3 is 15.3 Å². The summed E-state index contributed by atoms with van der Waals surface area (Å²) >= 11 is 0. The number of non-ortho nitro benzene ring substituents is 1. The van der Waals surface area contributed by atoms with Crippen molar-refractivity contribution in [1.29, 1.82) is 0 Å². The van der Waals surface area contributed by atoms with E-state index in [-0.39, 0.29) is 30.8 Å². The molecular weight excluding hydrogens is 328 g/mol. The van der Waals surface area contributed by atoms with Crippen LogP contribution >= 0.6 is 0 Å². The molecular formula is C16H18N4O5. The highest BCUT2D eigenvalue weighted by Crippen LogP contribution is 2.36. The monoisotopic (exact) mass is 346 g/mol. The van der Waals surface area contributed by atoms with Crippen LogP contribution in [0.2, 0.25) is 0 Å². The smallest absolute Gasteiger partial charge is 0.322 e. The van der Waals surface area contributed by atoms with E-state index in [2.05, 4.69) is 5.32 Å². The molecule has 2 aliphatic heterocycles. The molecule has 0 saturated carbocycles. The Bertz CT molecular complexity index is 776. The molecule has 3 amide bonds. The second-order valence-electron chi connectivity index (χ2n) is 5.96. The molecule has 3 rings (SSSR count). The number of urea groups is 1. The Kier molecular flexibility index (Phi) is 4.41. The molecule has 0 aromatic heterocycles. The molecule has 1 aromatic rings. The first-order chi connectivity index (χ1) is 11.9. The van der Waals surface area contributed by atoms with Gasteiger partial charge in [-0.2, -0.15) is 0 Å². The third-order valence-electron chi connectivity index (χ3n) is 4.44. The number of nitro benzene ring substituents is 1. The van der Waals surface area contributed by atoms with E-state index in [1.165, 1.54) is 23.1 Å². The number of nitrogens with one attached hydrogen (secondary N) is 1. The van der Waals surface area contributed by atoms with Crippen LogP contribution in [0, 0.1) is 10.1 Å². The van der Waals surface area contributed by atoms with E-state index in [0.29, 0.717) is 29.8 Å². The van der Waals surface area contributed by atoms with Crippen LogP contribution in [0.1, 0.15) is 18.0 Å². The third-order valence-corrected chi connectivity index (χ3v) is 4.44. The number of benzene rings is 1. The first-order valence-corrected chi connectivity index (χ1v) is 7.85.